The van der Waals surface area contributed by atoms with Crippen LogP contribution in [0.25, 0.3) is 16.7 Å². The van der Waals surface area contributed by atoms with Crippen molar-refractivity contribution in [1.29, 1.82) is 0 Å². The highest BCUT2D eigenvalue weighted by Crippen LogP contribution is 2.26. The highest BCUT2D eigenvalue weighted by atomic mass is 16.2. The van der Waals surface area contributed by atoms with Crippen LogP contribution in [0.3, 0.4) is 0 Å². The zero-order valence-electron chi connectivity index (χ0n) is 21.3. The smallest absolute Gasteiger partial charge is 0.255 e. The maximum atomic E-state index is 13.6. The molecule has 7 heteroatoms. The highest BCUT2D eigenvalue weighted by Gasteiger charge is 2.24. The molecule has 2 aromatic carbocycles. The van der Waals surface area contributed by atoms with Crippen molar-refractivity contribution in [2.75, 3.05) is 31.1 Å². The first-order valence-corrected chi connectivity index (χ1v) is 12.7. The van der Waals surface area contributed by atoms with Crippen molar-refractivity contribution in [3.05, 3.63) is 87.8 Å². The number of hydrogen-bond donors (Lipinski definition) is 0. The van der Waals surface area contributed by atoms with Crippen molar-refractivity contribution in [2.24, 2.45) is 0 Å². The van der Waals surface area contributed by atoms with Crippen LogP contribution in [0.1, 0.15) is 30.2 Å². The lowest BCUT2D eigenvalue weighted by molar-refractivity contribution is -0.131. The molecule has 7 nitrogen and oxygen atoms in total. The normalized spacial score (nSPS) is 14.0. The Balaban J connectivity index is 1.37. The third-order valence-corrected chi connectivity index (χ3v) is 7.28. The van der Waals surface area contributed by atoms with Gasteiger partial charge in [0, 0.05) is 55.8 Å². The van der Waals surface area contributed by atoms with E-state index in [1.807, 2.05) is 78.9 Å². The summed E-state index contributed by atoms with van der Waals surface area (Å²) in [4.78, 5) is 30.9. The van der Waals surface area contributed by atoms with E-state index < -0.39 is 0 Å². The van der Waals surface area contributed by atoms with Crippen molar-refractivity contribution in [3.63, 3.8) is 0 Å². The predicted molar refractivity (Wildman–Crippen MR) is 144 cm³/mol. The molecule has 0 unspecified atom stereocenters. The van der Waals surface area contributed by atoms with Gasteiger partial charge in [0.1, 0.15) is 5.65 Å². The number of nitrogens with zero attached hydrogens (tertiary/aromatic N) is 5. The summed E-state index contributed by atoms with van der Waals surface area (Å²) < 4.78 is 3.66. The number of aryl methyl sites for hydroxylation is 3. The Morgan fingerprint density at radius 2 is 1.50 bits per heavy atom. The molecule has 0 aliphatic carbocycles. The van der Waals surface area contributed by atoms with Crippen molar-refractivity contribution >= 4 is 22.6 Å². The van der Waals surface area contributed by atoms with Gasteiger partial charge in [-0.1, -0.05) is 36.4 Å². The molecule has 1 fully saturated rings. The SMILES string of the molecule is CCn1c(=O)c(CCC(=O)N2CCN(c3ccccc3)CC2)c(C)c2c(C)nn(-c3ccccc3)c21. The predicted octanol–water partition coefficient (Wildman–Crippen LogP) is 4.11. The number of fused-ring (bicyclic) bond motifs is 1. The number of piperazine rings is 1. The molecule has 0 bridgehead atoms. The fourth-order valence-corrected chi connectivity index (χ4v) is 5.35. The van der Waals surface area contributed by atoms with Gasteiger partial charge in [-0.15, -0.1) is 0 Å². The van der Waals surface area contributed by atoms with E-state index in [1.165, 1.54) is 5.69 Å². The van der Waals surface area contributed by atoms with Crippen molar-refractivity contribution in [1.82, 2.24) is 19.2 Å². The third-order valence-electron chi connectivity index (χ3n) is 7.28. The first-order valence-electron chi connectivity index (χ1n) is 12.7. The number of aromatic nitrogens is 3. The Bertz CT molecular complexity index is 1430. The largest absolute Gasteiger partial charge is 0.368 e. The Hall–Kier alpha value is -3.87. The van der Waals surface area contributed by atoms with Crippen LogP contribution in [0, 0.1) is 13.8 Å². The second-order valence-corrected chi connectivity index (χ2v) is 9.39. The Morgan fingerprint density at radius 3 is 2.11 bits per heavy atom. The average molecular weight is 484 g/mol. The van der Waals surface area contributed by atoms with Gasteiger partial charge in [-0.05, 0) is 57.0 Å². The molecule has 1 amide bonds. The van der Waals surface area contributed by atoms with E-state index in [2.05, 4.69) is 17.0 Å². The van der Waals surface area contributed by atoms with Gasteiger partial charge in [-0.3, -0.25) is 14.2 Å². The molecule has 186 valence electrons. The van der Waals surface area contributed by atoms with Crippen LogP contribution < -0.4 is 10.5 Å². The van der Waals surface area contributed by atoms with Crippen LogP contribution in [-0.2, 0) is 17.8 Å². The monoisotopic (exact) mass is 483 g/mol. The van der Waals surface area contributed by atoms with E-state index in [-0.39, 0.29) is 11.5 Å². The number of hydrogen-bond acceptors (Lipinski definition) is 4. The molecule has 36 heavy (non-hydrogen) atoms. The van der Waals surface area contributed by atoms with Crippen LogP contribution >= 0.6 is 0 Å². The number of anilines is 1. The summed E-state index contributed by atoms with van der Waals surface area (Å²) in [5, 5.41) is 5.79. The second-order valence-electron chi connectivity index (χ2n) is 9.39. The van der Waals surface area contributed by atoms with Crippen LogP contribution in [0.5, 0.6) is 0 Å². The molecule has 0 radical (unpaired) electrons. The van der Waals surface area contributed by atoms with E-state index in [1.54, 1.807) is 4.57 Å². The summed E-state index contributed by atoms with van der Waals surface area (Å²) in [5.41, 5.74) is 5.45. The van der Waals surface area contributed by atoms with Crippen LogP contribution in [-0.4, -0.2) is 51.3 Å². The topological polar surface area (TPSA) is 63.4 Å². The summed E-state index contributed by atoms with van der Waals surface area (Å²) >= 11 is 0. The molecule has 1 aliphatic rings. The van der Waals surface area contributed by atoms with E-state index >= 15 is 0 Å². The lowest BCUT2D eigenvalue weighted by atomic mass is 10.0. The highest BCUT2D eigenvalue weighted by molar-refractivity contribution is 5.85. The lowest BCUT2D eigenvalue weighted by Crippen LogP contribution is -2.48. The van der Waals surface area contributed by atoms with Gasteiger partial charge in [0.2, 0.25) is 5.91 Å². The first-order chi connectivity index (χ1) is 17.5. The molecule has 1 aliphatic heterocycles. The number of benzene rings is 2. The fraction of sp³-hybridized carbons (Fsp3) is 0.345. The third kappa shape index (κ3) is 4.30. The van der Waals surface area contributed by atoms with Gasteiger partial charge >= 0.3 is 0 Å². The van der Waals surface area contributed by atoms with Crippen LogP contribution in [0.2, 0.25) is 0 Å². The number of carbonyl (C=O) groups excluding carboxylic acids is 1. The molecule has 0 N–H and O–H groups in total. The number of amides is 1. The number of pyridine rings is 1. The summed E-state index contributed by atoms with van der Waals surface area (Å²) in [5.74, 6) is 0.112. The Labute approximate surface area is 211 Å². The van der Waals surface area contributed by atoms with Crippen LogP contribution in [0.4, 0.5) is 5.69 Å². The quantitative estimate of drug-likeness (QED) is 0.414. The van der Waals surface area contributed by atoms with Crippen LogP contribution in [0.15, 0.2) is 65.5 Å². The van der Waals surface area contributed by atoms with Gasteiger partial charge in [0.25, 0.3) is 5.56 Å². The maximum Gasteiger partial charge on any atom is 0.255 e. The molecule has 5 rings (SSSR count). The van der Waals surface area contributed by atoms with Gasteiger partial charge in [-0.2, -0.15) is 5.10 Å². The van der Waals surface area contributed by atoms with E-state index in [0.717, 1.165) is 46.6 Å². The average Bonchev–Trinajstić information content (AvgIpc) is 3.27. The fourth-order valence-electron chi connectivity index (χ4n) is 5.35. The lowest BCUT2D eigenvalue weighted by Gasteiger charge is -2.36. The molecular weight excluding hydrogens is 450 g/mol. The molecule has 0 spiro atoms. The van der Waals surface area contributed by atoms with Crippen molar-refractivity contribution in [2.45, 2.75) is 40.2 Å². The molecule has 4 aromatic rings. The summed E-state index contributed by atoms with van der Waals surface area (Å²) in [6, 6.07) is 20.2. The van der Waals surface area contributed by atoms with Gasteiger partial charge in [0.15, 0.2) is 0 Å². The van der Waals surface area contributed by atoms with E-state index in [4.69, 9.17) is 5.10 Å². The van der Waals surface area contributed by atoms with Gasteiger partial charge in [0.05, 0.1) is 11.4 Å². The first kappa shape index (κ1) is 23.9. The summed E-state index contributed by atoms with van der Waals surface area (Å²) in [6.07, 6.45) is 0.775. The molecule has 3 heterocycles. The summed E-state index contributed by atoms with van der Waals surface area (Å²) in [6.45, 7) is 9.54. The molecule has 2 aromatic heterocycles. The van der Waals surface area contributed by atoms with Gasteiger partial charge < -0.3 is 9.80 Å². The standard InChI is InChI=1S/C29H33N5O2/c1-4-33-28-27(22(3)30-34(28)24-13-9-6-10-14-24)21(2)25(29(33)36)15-16-26(35)32-19-17-31(18-20-32)23-11-7-5-8-12-23/h5-14H,4,15-20H2,1-3H3. The zero-order chi connectivity index (χ0) is 25.2. The Morgan fingerprint density at radius 1 is 0.889 bits per heavy atom. The van der Waals surface area contributed by atoms with E-state index in [0.29, 0.717) is 32.5 Å². The minimum absolute atomic E-state index is 0.0266. The van der Waals surface area contributed by atoms with Crippen molar-refractivity contribution in [3.8, 4) is 5.69 Å². The molecular formula is C29H33N5O2. The minimum Gasteiger partial charge on any atom is -0.368 e. The summed E-state index contributed by atoms with van der Waals surface area (Å²) in [7, 11) is 0. The number of rotatable bonds is 6. The zero-order valence-corrected chi connectivity index (χ0v) is 21.3. The van der Waals surface area contributed by atoms with Gasteiger partial charge in [-0.25, -0.2) is 4.68 Å². The maximum absolute atomic E-state index is 13.6. The minimum atomic E-state index is -0.0266. The number of carbonyl (C=O) groups is 1. The second kappa shape index (κ2) is 10.0. The van der Waals surface area contributed by atoms with Crippen molar-refractivity contribution < 1.29 is 4.79 Å². The molecule has 1 saturated heterocycles. The van der Waals surface area contributed by atoms with E-state index in [9.17, 15) is 9.59 Å². The Kier molecular flexibility index (Phi) is 6.63. The molecule has 0 saturated carbocycles. The number of para-hydroxylation sites is 2. The molecule has 0 atom stereocenters.